The van der Waals surface area contributed by atoms with Crippen LogP contribution in [0.2, 0.25) is 0 Å². The maximum absolute atomic E-state index is 12.4. The first-order valence-corrected chi connectivity index (χ1v) is 28.3. The Morgan fingerprint density at radius 2 is 0.734 bits per heavy atom. The monoisotopic (exact) mass is 900 g/mol. The number of esters is 1. The highest BCUT2D eigenvalue weighted by Crippen LogP contribution is 2.16. The van der Waals surface area contributed by atoms with Crippen LogP contribution in [0.15, 0.2) is 36.5 Å². The van der Waals surface area contributed by atoms with Crippen molar-refractivity contribution < 1.29 is 24.5 Å². The summed E-state index contributed by atoms with van der Waals surface area (Å²) in [5.41, 5.74) is 0. The molecule has 376 valence electrons. The number of carbonyl (C=O) groups excluding carboxylic acids is 2. The summed E-state index contributed by atoms with van der Waals surface area (Å²) in [6, 6.07) is -0.634. The van der Waals surface area contributed by atoms with Gasteiger partial charge in [-0.1, -0.05) is 237 Å². The molecule has 0 radical (unpaired) electrons. The van der Waals surface area contributed by atoms with Crippen LogP contribution in [-0.2, 0) is 14.3 Å². The van der Waals surface area contributed by atoms with E-state index >= 15 is 0 Å². The van der Waals surface area contributed by atoms with Crippen LogP contribution in [-0.4, -0.2) is 47.4 Å². The van der Waals surface area contributed by atoms with E-state index in [1.165, 1.54) is 218 Å². The van der Waals surface area contributed by atoms with Gasteiger partial charge >= 0.3 is 5.97 Å². The molecule has 0 aliphatic rings. The molecule has 0 saturated carbocycles. The predicted molar refractivity (Wildman–Crippen MR) is 278 cm³/mol. The fourth-order valence-electron chi connectivity index (χ4n) is 8.50. The van der Waals surface area contributed by atoms with Crippen molar-refractivity contribution >= 4 is 11.9 Å². The molecule has 2 atom stereocenters. The van der Waals surface area contributed by atoms with Gasteiger partial charge in [-0.2, -0.15) is 0 Å². The highest BCUT2D eigenvalue weighted by Gasteiger charge is 2.18. The van der Waals surface area contributed by atoms with E-state index in [0.29, 0.717) is 19.4 Å². The Morgan fingerprint density at radius 3 is 1.12 bits per heavy atom. The number of hydrogen-bond donors (Lipinski definition) is 3. The predicted octanol–water partition coefficient (Wildman–Crippen LogP) is 17.2. The molecule has 0 aliphatic carbocycles. The number of amides is 1. The molecular weight excluding hydrogens is 791 g/mol. The summed E-state index contributed by atoms with van der Waals surface area (Å²) in [5, 5.41) is 23.1. The Bertz CT molecular complexity index is 1040. The van der Waals surface area contributed by atoms with E-state index in [4.69, 9.17) is 4.74 Å². The van der Waals surface area contributed by atoms with Crippen LogP contribution in [0.1, 0.15) is 296 Å². The summed E-state index contributed by atoms with van der Waals surface area (Å²) >= 11 is 0. The first kappa shape index (κ1) is 62.1. The fourth-order valence-corrected chi connectivity index (χ4v) is 8.50. The Morgan fingerprint density at radius 1 is 0.422 bits per heavy atom. The van der Waals surface area contributed by atoms with Crippen molar-refractivity contribution in [2.45, 2.75) is 309 Å². The SMILES string of the molecule is CCCCCC/C=C\CCCCCCCC(=O)OCCCCCCCCCCC/C=C\CCCCCCCCCC(=O)NC(CO)C(O)/C=C/CCCCCCCCCCCCCC. The van der Waals surface area contributed by atoms with Gasteiger partial charge in [0.2, 0.25) is 5.91 Å². The van der Waals surface area contributed by atoms with Gasteiger partial charge in [0.25, 0.3) is 0 Å². The number of rotatable bonds is 52. The Kier molecular flexibility index (Phi) is 52.1. The van der Waals surface area contributed by atoms with Gasteiger partial charge < -0.3 is 20.3 Å². The number of carbonyl (C=O) groups is 2. The van der Waals surface area contributed by atoms with Gasteiger partial charge in [-0.05, 0) is 83.5 Å². The normalized spacial score (nSPS) is 12.9. The van der Waals surface area contributed by atoms with Crippen LogP contribution >= 0.6 is 0 Å². The minimum Gasteiger partial charge on any atom is -0.466 e. The minimum absolute atomic E-state index is 0.00413. The number of aliphatic hydroxyl groups is 2. The lowest BCUT2D eigenvalue weighted by molar-refractivity contribution is -0.143. The third-order valence-electron chi connectivity index (χ3n) is 12.9. The molecule has 0 aliphatic heterocycles. The summed E-state index contributed by atoms with van der Waals surface area (Å²) in [4.78, 5) is 24.4. The molecule has 0 heterocycles. The molecule has 0 saturated heterocycles. The van der Waals surface area contributed by atoms with Gasteiger partial charge in [0.05, 0.1) is 25.4 Å². The third-order valence-corrected chi connectivity index (χ3v) is 12.9. The molecule has 3 N–H and O–H groups in total. The Balaban J connectivity index is 3.46. The van der Waals surface area contributed by atoms with E-state index in [0.717, 1.165) is 51.4 Å². The van der Waals surface area contributed by atoms with Gasteiger partial charge in [0.1, 0.15) is 0 Å². The molecule has 0 aromatic rings. The molecule has 1 amide bonds. The van der Waals surface area contributed by atoms with Crippen LogP contribution in [0, 0.1) is 0 Å². The molecule has 6 heteroatoms. The standard InChI is InChI=1S/C58H109NO5/c1-3-5-7-9-11-13-15-17-27-30-34-38-42-46-50-56(61)55(54-60)59-57(62)51-47-43-39-35-31-28-24-22-20-18-19-21-23-25-29-33-37-41-45-49-53-64-58(63)52-48-44-40-36-32-26-16-14-12-10-8-6-4-2/h14,16,18,20,46,50,55-56,60-61H,3-13,15,17,19,21-45,47-49,51-54H2,1-2H3,(H,59,62)/b16-14-,20-18-,50-46+. The van der Waals surface area contributed by atoms with Crippen molar-refractivity contribution in [3.05, 3.63) is 36.5 Å². The lowest BCUT2D eigenvalue weighted by Gasteiger charge is -2.20. The van der Waals surface area contributed by atoms with Gasteiger partial charge in [0, 0.05) is 12.8 Å². The van der Waals surface area contributed by atoms with Crippen LogP contribution in [0.25, 0.3) is 0 Å². The van der Waals surface area contributed by atoms with Crippen LogP contribution in [0.3, 0.4) is 0 Å². The molecule has 0 fully saturated rings. The number of hydrogen-bond acceptors (Lipinski definition) is 5. The molecular formula is C58H109NO5. The van der Waals surface area contributed by atoms with Crippen LogP contribution < -0.4 is 5.32 Å². The van der Waals surface area contributed by atoms with E-state index in [1.54, 1.807) is 6.08 Å². The average molecular weight is 901 g/mol. The van der Waals surface area contributed by atoms with Gasteiger partial charge in [-0.3, -0.25) is 9.59 Å². The number of aliphatic hydroxyl groups excluding tert-OH is 2. The largest absolute Gasteiger partial charge is 0.466 e. The van der Waals surface area contributed by atoms with E-state index in [2.05, 4.69) is 43.5 Å². The van der Waals surface area contributed by atoms with Crippen molar-refractivity contribution in [2.24, 2.45) is 0 Å². The number of ether oxygens (including phenoxy) is 1. The highest BCUT2D eigenvalue weighted by molar-refractivity contribution is 5.76. The van der Waals surface area contributed by atoms with Gasteiger partial charge in [-0.25, -0.2) is 0 Å². The lowest BCUT2D eigenvalue weighted by atomic mass is 10.0. The Hall–Kier alpha value is -1.92. The number of allylic oxidation sites excluding steroid dienone is 5. The van der Waals surface area contributed by atoms with E-state index in [1.807, 2.05) is 6.08 Å². The fraction of sp³-hybridized carbons (Fsp3) is 0.862. The zero-order valence-corrected chi connectivity index (χ0v) is 42.8. The molecule has 0 spiro atoms. The van der Waals surface area contributed by atoms with Gasteiger partial charge in [-0.15, -0.1) is 0 Å². The number of nitrogens with one attached hydrogen (secondary N) is 1. The van der Waals surface area contributed by atoms with E-state index < -0.39 is 12.1 Å². The zero-order valence-electron chi connectivity index (χ0n) is 42.8. The van der Waals surface area contributed by atoms with E-state index in [9.17, 15) is 19.8 Å². The zero-order chi connectivity index (χ0) is 46.5. The second kappa shape index (κ2) is 53.7. The van der Waals surface area contributed by atoms with Crippen LogP contribution in [0.5, 0.6) is 0 Å². The lowest BCUT2D eigenvalue weighted by Crippen LogP contribution is -2.45. The molecule has 64 heavy (non-hydrogen) atoms. The van der Waals surface area contributed by atoms with Crippen molar-refractivity contribution in [2.75, 3.05) is 13.2 Å². The average Bonchev–Trinajstić information content (AvgIpc) is 3.29. The molecule has 0 aromatic heterocycles. The van der Waals surface area contributed by atoms with Gasteiger partial charge in [0.15, 0.2) is 0 Å². The van der Waals surface area contributed by atoms with Crippen LogP contribution in [0.4, 0.5) is 0 Å². The van der Waals surface area contributed by atoms with Crippen molar-refractivity contribution in [3.63, 3.8) is 0 Å². The second-order valence-electron chi connectivity index (χ2n) is 19.3. The van der Waals surface area contributed by atoms with Crippen molar-refractivity contribution in [1.29, 1.82) is 0 Å². The highest BCUT2D eigenvalue weighted by atomic mass is 16.5. The first-order chi connectivity index (χ1) is 31.5. The second-order valence-corrected chi connectivity index (χ2v) is 19.3. The summed E-state index contributed by atoms with van der Waals surface area (Å²) in [6.07, 6.45) is 65.9. The molecule has 0 bridgehead atoms. The molecule has 0 rings (SSSR count). The van der Waals surface area contributed by atoms with E-state index in [-0.39, 0.29) is 18.5 Å². The molecule has 2 unspecified atom stereocenters. The van der Waals surface area contributed by atoms with Crippen molar-refractivity contribution in [3.8, 4) is 0 Å². The quantitative estimate of drug-likeness (QED) is 0.0321. The molecule has 0 aromatic carbocycles. The molecule has 6 nitrogen and oxygen atoms in total. The number of unbranched alkanes of at least 4 members (excludes halogenated alkanes) is 37. The topological polar surface area (TPSA) is 95.9 Å². The maximum atomic E-state index is 12.4. The minimum atomic E-state index is -0.849. The summed E-state index contributed by atoms with van der Waals surface area (Å²) in [5.74, 6) is -0.0809. The third kappa shape index (κ3) is 49.5. The summed E-state index contributed by atoms with van der Waals surface area (Å²) in [6.45, 7) is 4.87. The first-order valence-electron chi connectivity index (χ1n) is 28.3. The van der Waals surface area contributed by atoms with Crippen molar-refractivity contribution in [1.82, 2.24) is 5.32 Å². The summed E-state index contributed by atoms with van der Waals surface area (Å²) < 4.78 is 5.46. The Labute approximate surface area is 398 Å². The smallest absolute Gasteiger partial charge is 0.305 e. The summed E-state index contributed by atoms with van der Waals surface area (Å²) in [7, 11) is 0. The maximum Gasteiger partial charge on any atom is 0.305 e.